The van der Waals surface area contributed by atoms with Crippen molar-refractivity contribution in [1.82, 2.24) is 4.98 Å². The first kappa shape index (κ1) is 42.4. The minimum atomic E-state index is 0. The summed E-state index contributed by atoms with van der Waals surface area (Å²) < 4.78 is 6.73. The molecular formula is C50H60IrNO3-. The molecule has 1 aliphatic rings. The third-order valence-electron chi connectivity index (χ3n) is 12.2. The summed E-state index contributed by atoms with van der Waals surface area (Å²) in [7, 11) is 0. The van der Waals surface area contributed by atoms with E-state index in [1.54, 1.807) is 0 Å². The van der Waals surface area contributed by atoms with Gasteiger partial charge in [-0.15, -0.1) is 29.1 Å². The van der Waals surface area contributed by atoms with Crippen LogP contribution in [0.2, 0.25) is 0 Å². The number of hydrogen-bond acceptors (Lipinski definition) is 4. The number of aliphatic hydroxyl groups is 1. The van der Waals surface area contributed by atoms with E-state index in [0.717, 1.165) is 65.3 Å². The molecule has 0 atom stereocenters. The fraction of sp³-hybridized carbons (Fsp3) is 0.440. The van der Waals surface area contributed by atoms with Crippen LogP contribution in [-0.4, -0.2) is 15.9 Å². The first-order chi connectivity index (χ1) is 25.6. The molecule has 0 aliphatic heterocycles. The fourth-order valence-electron chi connectivity index (χ4n) is 8.69. The molecule has 4 aromatic carbocycles. The number of aromatic nitrogens is 1. The summed E-state index contributed by atoms with van der Waals surface area (Å²) in [4.78, 5) is 16.6. The summed E-state index contributed by atoms with van der Waals surface area (Å²) in [5, 5.41) is 16.9. The quantitative estimate of drug-likeness (QED) is 0.0939. The molecule has 5 heteroatoms. The molecule has 293 valence electrons. The van der Waals surface area contributed by atoms with Crippen LogP contribution in [0.3, 0.4) is 0 Å². The Hall–Kier alpha value is -3.79. The molecule has 0 amide bonds. The minimum absolute atomic E-state index is 0. The van der Waals surface area contributed by atoms with Crippen LogP contribution in [0.25, 0.3) is 54.7 Å². The second-order valence-electron chi connectivity index (χ2n) is 17.8. The van der Waals surface area contributed by atoms with Crippen LogP contribution in [-0.2, 0) is 41.1 Å². The molecule has 1 aliphatic carbocycles. The molecule has 2 heterocycles. The molecule has 0 fully saturated rings. The van der Waals surface area contributed by atoms with Gasteiger partial charge in [0, 0.05) is 66.2 Å². The summed E-state index contributed by atoms with van der Waals surface area (Å²) in [5.41, 5.74) is 8.36. The average Bonchev–Trinajstić information content (AvgIpc) is 3.53. The molecule has 4 nitrogen and oxygen atoms in total. The number of allylic oxidation sites excluding steroid dienone is 2. The molecule has 55 heavy (non-hydrogen) atoms. The van der Waals surface area contributed by atoms with E-state index in [1.807, 2.05) is 33.9 Å². The maximum atomic E-state index is 11.7. The number of aliphatic hydroxyl groups excluding tert-OH is 1. The van der Waals surface area contributed by atoms with Crippen LogP contribution < -0.4 is 0 Å². The number of hydrogen-bond donors (Lipinski definition) is 1. The normalized spacial score (nSPS) is 15.3. The monoisotopic (exact) mass is 915 g/mol. The predicted octanol–water partition coefficient (Wildman–Crippen LogP) is 14.3. The second-order valence-corrected chi connectivity index (χ2v) is 17.8. The van der Waals surface area contributed by atoms with E-state index in [1.165, 1.54) is 50.7 Å². The Labute approximate surface area is 342 Å². The van der Waals surface area contributed by atoms with E-state index in [4.69, 9.17) is 9.40 Å². The topological polar surface area (TPSA) is 63.3 Å². The second kappa shape index (κ2) is 16.4. The minimum Gasteiger partial charge on any atom is -0.512 e. The van der Waals surface area contributed by atoms with Gasteiger partial charge in [0.15, 0.2) is 5.78 Å². The van der Waals surface area contributed by atoms with E-state index in [9.17, 15) is 9.90 Å². The zero-order valence-corrected chi connectivity index (χ0v) is 37.3. The van der Waals surface area contributed by atoms with Gasteiger partial charge in [0.05, 0.1) is 5.76 Å². The maximum Gasteiger partial charge on any atom is 0.162 e. The average molecular weight is 915 g/mol. The van der Waals surface area contributed by atoms with Crippen molar-refractivity contribution in [3.05, 3.63) is 101 Å². The van der Waals surface area contributed by atoms with Crippen LogP contribution in [0.4, 0.5) is 0 Å². The smallest absolute Gasteiger partial charge is 0.162 e. The predicted molar refractivity (Wildman–Crippen MR) is 229 cm³/mol. The molecule has 0 spiro atoms. The van der Waals surface area contributed by atoms with E-state index < -0.39 is 0 Å². The van der Waals surface area contributed by atoms with Gasteiger partial charge in [-0.1, -0.05) is 124 Å². The number of carbonyl (C=O) groups excluding carboxylic acids is 1. The zero-order valence-electron chi connectivity index (χ0n) is 34.9. The van der Waals surface area contributed by atoms with Gasteiger partial charge in [0.1, 0.15) is 11.2 Å². The molecule has 2 aromatic heterocycles. The first-order valence-corrected chi connectivity index (χ1v) is 20.2. The van der Waals surface area contributed by atoms with Crippen molar-refractivity contribution >= 4 is 49.3 Å². The van der Waals surface area contributed by atoms with Gasteiger partial charge < -0.3 is 9.52 Å². The van der Waals surface area contributed by atoms with Crippen molar-refractivity contribution in [3.8, 4) is 11.3 Å². The number of furan rings is 1. The molecule has 1 N–H and O–H groups in total. The van der Waals surface area contributed by atoms with Gasteiger partial charge in [-0.3, -0.25) is 9.78 Å². The summed E-state index contributed by atoms with van der Waals surface area (Å²) in [6, 6.07) is 25.7. The zero-order chi connectivity index (χ0) is 39.2. The number of carbonyl (C=O) groups is 1. The molecule has 1 radical (unpaired) electrons. The van der Waals surface area contributed by atoms with Crippen LogP contribution in [0.5, 0.6) is 0 Å². The van der Waals surface area contributed by atoms with Gasteiger partial charge in [-0.25, -0.2) is 0 Å². The van der Waals surface area contributed by atoms with Crippen LogP contribution in [0.1, 0.15) is 131 Å². The van der Waals surface area contributed by atoms with Crippen molar-refractivity contribution in [2.75, 3.05) is 0 Å². The SMILES string of the molecule is CC(C)(C)c1cc(-c2nccc3c2ccc2oc4c5c(ccc4c23)C(C)(C)CCC5(C)C)[c-]c2ccccc12.CCC(CC)C(=O)/C=C(\O)C(CC)CC.[Ir]. The Morgan fingerprint density at radius 1 is 0.836 bits per heavy atom. The van der Waals surface area contributed by atoms with Crippen molar-refractivity contribution in [1.29, 1.82) is 0 Å². The van der Waals surface area contributed by atoms with Gasteiger partial charge in [0.25, 0.3) is 0 Å². The van der Waals surface area contributed by atoms with Crippen molar-refractivity contribution in [2.24, 2.45) is 11.8 Å². The molecule has 0 saturated heterocycles. The van der Waals surface area contributed by atoms with Crippen LogP contribution in [0, 0.1) is 17.9 Å². The molecule has 6 aromatic rings. The first-order valence-electron chi connectivity index (χ1n) is 20.2. The molecular weight excluding hydrogens is 855 g/mol. The third-order valence-corrected chi connectivity index (χ3v) is 12.2. The van der Waals surface area contributed by atoms with Crippen LogP contribution >= 0.6 is 0 Å². The van der Waals surface area contributed by atoms with Gasteiger partial charge in [-0.2, -0.15) is 0 Å². The molecule has 7 rings (SSSR count). The number of nitrogens with zero attached hydrogens (tertiary/aromatic N) is 1. The summed E-state index contributed by atoms with van der Waals surface area (Å²) in [6.07, 6.45) is 9.20. The van der Waals surface area contributed by atoms with Crippen molar-refractivity contribution in [2.45, 2.75) is 131 Å². The van der Waals surface area contributed by atoms with E-state index in [-0.39, 0.29) is 59.7 Å². The Kier molecular flexibility index (Phi) is 12.6. The number of ketones is 1. The van der Waals surface area contributed by atoms with Crippen molar-refractivity contribution in [3.63, 3.8) is 0 Å². The number of fused-ring (bicyclic) bond motifs is 8. The van der Waals surface area contributed by atoms with E-state index in [0.29, 0.717) is 0 Å². The fourth-order valence-corrected chi connectivity index (χ4v) is 8.69. The third kappa shape index (κ3) is 8.08. The van der Waals surface area contributed by atoms with Gasteiger partial charge in [-0.05, 0) is 83.2 Å². The Morgan fingerprint density at radius 3 is 2.13 bits per heavy atom. The van der Waals surface area contributed by atoms with E-state index >= 15 is 0 Å². The standard InChI is InChI=1S/C37H36NO.C13H24O2.Ir/c1-35(2,3)29-21-23(20-22-10-8-9-11-24(22)29)33-26-13-15-30-31(25(26)16-19-38-33)27-12-14-28-32(34(27)39-30)37(6,7)18-17-36(28,4)5;1-5-10(6-2)12(14)9-13(15)11(7-3)8-4;/h8-16,19,21H,17-18H2,1-7H3;9-11,14H,5-8H2,1-4H3;/q-1;;/b;12-9-;. The number of rotatable bonds is 8. The Morgan fingerprint density at radius 2 is 1.47 bits per heavy atom. The van der Waals surface area contributed by atoms with Gasteiger partial charge >= 0.3 is 0 Å². The summed E-state index contributed by atoms with van der Waals surface area (Å²) in [6.45, 7) is 24.4. The van der Waals surface area contributed by atoms with Gasteiger partial charge in [0.2, 0.25) is 0 Å². The summed E-state index contributed by atoms with van der Waals surface area (Å²) >= 11 is 0. The van der Waals surface area contributed by atoms with Crippen molar-refractivity contribution < 1.29 is 34.4 Å². The number of benzene rings is 4. The maximum absolute atomic E-state index is 11.7. The largest absolute Gasteiger partial charge is 0.512 e. The Bertz CT molecular complexity index is 2360. The Balaban J connectivity index is 0.000000311. The van der Waals surface area contributed by atoms with E-state index in [2.05, 4.69) is 115 Å². The molecule has 0 saturated carbocycles. The number of pyridine rings is 1. The molecule has 0 unspecified atom stereocenters. The summed E-state index contributed by atoms with van der Waals surface area (Å²) in [5.74, 6) is 0.547. The molecule has 0 bridgehead atoms. The van der Waals surface area contributed by atoms with Crippen LogP contribution in [0.15, 0.2) is 83.1 Å².